The molecule has 0 unspecified atom stereocenters. The number of piperidine rings is 1. The third-order valence-corrected chi connectivity index (χ3v) is 7.58. The Morgan fingerprint density at radius 3 is 2.50 bits per heavy atom. The predicted octanol–water partition coefficient (Wildman–Crippen LogP) is 3.96. The van der Waals surface area contributed by atoms with Crippen molar-refractivity contribution in [3.63, 3.8) is 0 Å². The van der Waals surface area contributed by atoms with E-state index in [4.69, 9.17) is 11.6 Å². The van der Waals surface area contributed by atoms with Gasteiger partial charge in [0.1, 0.15) is 0 Å². The number of halogens is 1. The third kappa shape index (κ3) is 4.55. The van der Waals surface area contributed by atoms with E-state index < -0.39 is 15.9 Å². The van der Waals surface area contributed by atoms with E-state index in [1.54, 1.807) is 43.3 Å². The minimum atomic E-state index is -3.61. The number of aryl methyl sites for hydroxylation is 2. The molecule has 1 amide bonds. The topological polar surface area (TPSA) is 97.2 Å². The van der Waals surface area contributed by atoms with Gasteiger partial charge in [-0.05, 0) is 62.6 Å². The summed E-state index contributed by atoms with van der Waals surface area (Å²) in [6, 6.07) is 11.8. The third-order valence-electron chi connectivity index (χ3n) is 5.45. The number of benzene rings is 2. The standard InChI is InChI=1S/C22H24ClN5O3S/c1-15-9-10-19(32(30,31)27-11-4-3-5-12-27)14-20(15)24-22(29)21-16(2)25-28(26-21)18-8-6-7-17(23)13-18/h6-10,13-14H,3-5,11-12H2,1-2H3,(H,24,29). The molecule has 1 aliphatic heterocycles. The number of rotatable bonds is 5. The Labute approximate surface area is 192 Å². The Hall–Kier alpha value is -2.75. The largest absolute Gasteiger partial charge is 0.320 e. The minimum Gasteiger partial charge on any atom is -0.320 e. The molecule has 2 heterocycles. The van der Waals surface area contributed by atoms with Crippen molar-refractivity contribution in [2.75, 3.05) is 18.4 Å². The van der Waals surface area contributed by atoms with Crippen LogP contribution in [-0.2, 0) is 10.0 Å². The lowest BCUT2D eigenvalue weighted by atomic mass is 10.2. The Bertz CT molecular complexity index is 1270. The molecule has 0 aliphatic carbocycles. The molecular weight excluding hydrogens is 450 g/mol. The van der Waals surface area contributed by atoms with E-state index in [-0.39, 0.29) is 10.6 Å². The highest BCUT2D eigenvalue weighted by Crippen LogP contribution is 2.26. The van der Waals surface area contributed by atoms with E-state index in [2.05, 4.69) is 15.5 Å². The van der Waals surface area contributed by atoms with Crippen LogP contribution in [0.3, 0.4) is 0 Å². The number of nitrogens with one attached hydrogen (secondary N) is 1. The van der Waals surface area contributed by atoms with Gasteiger partial charge in [-0.1, -0.05) is 30.2 Å². The number of nitrogens with zero attached hydrogens (tertiary/aromatic N) is 4. The first-order valence-electron chi connectivity index (χ1n) is 10.4. The average molecular weight is 474 g/mol. The summed E-state index contributed by atoms with van der Waals surface area (Å²) in [5.74, 6) is -0.466. The van der Waals surface area contributed by atoms with Crippen LogP contribution in [0.4, 0.5) is 5.69 Å². The van der Waals surface area contributed by atoms with Crippen molar-refractivity contribution in [1.82, 2.24) is 19.3 Å². The van der Waals surface area contributed by atoms with Crippen LogP contribution < -0.4 is 5.32 Å². The molecule has 0 radical (unpaired) electrons. The van der Waals surface area contributed by atoms with E-state index in [0.29, 0.717) is 35.2 Å². The van der Waals surface area contributed by atoms with Crippen LogP contribution in [0, 0.1) is 13.8 Å². The average Bonchev–Trinajstić information content (AvgIpc) is 3.17. The quantitative estimate of drug-likeness (QED) is 0.604. The SMILES string of the molecule is Cc1ccc(S(=O)(=O)N2CCCCC2)cc1NC(=O)c1nn(-c2cccc(Cl)c2)nc1C. The van der Waals surface area contributed by atoms with Crippen molar-refractivity contribution < 1.29 is 13.2 Å². The fraction of sp³-hybridized carbons (Fsp3) is 0.318. The lowest BCUT2D eigenvalue weighted by Gasteiger charge is -2.26. The lowest BCUT2D eigenvalue weighted by Crippen LogP contribution is -2.35. The normalized spacial score (nSPS) is 15.0. The van der Waals surface area contributed by atoms with Crippen molar-refractivity contribution in [2.45, 2.75) is 38.0 Å². The molecule has 1 fully saturated rings. The van der Waals surface area contributed by atoms with E-state index in [1.807, 2.05) is 6.92 Å². The van der Waals surface area contributed by atoms with Crippen molar-refractivity contribution in [3.05, 3.63) is 64.4 Å². The van der Waals surface area contributed by atoms with Crippen molar-refractivity contribution in [1.29, 1.82) is 0 Å². The molecule has 2 aromatic carbocycles. The van der Waals surface area contributed by atoms with Gasteiger partial charge in [-0.15, -0.1) is 5.10 Å². The predicted molar refractivity (Wildman–Crippen MR) is 123 cm³/mol. The van der Waals surface area contributed by atoms with Crippen molar-refractivity contribution in [3.8, 4) is 5.69 Å². The molecule has 4 rings (SSSR count). The monoisotopic (exact) mass is 473 g/mol. The first kappa shape index (κ1) is 22.4. The summed E-state index contributed by atoms with van der Waals surface area (Å²) in [5.41, 5.74) is 2.39. The number of anilines is 1. The highest BCUT2D eigenvalue weighted by molar-refractivity contribution is 7.89. The van der Waals surface area contributed by atoms with Gasteiger partial charge in [0.25, 0.3) is 5.91 Å². The first-order valence-corrected chi connectivity index (χ1v) is 12.2. The van der Waals surface area contributed by atoms with Crippen molar-refractivity contribution in [2.24, 2.45) is 0 Å². The number of aromatic nitrogens is 3. The zero-order chi connectivity index (χ0) is 22.9. The van der Waals surface area contributed by atoms with Gasteiger partial charge in [0.05, 0.1) is 16.3 Å². The molecule has 168 valence electrons. The van der Waals surface area contributed by atoms with Gasteiger partial charge in [-0.25, -0.2) is 8.42 Å². The molecule has 0 spiro atoms. The fourth-order valence-electron chi connectivity index (χ4n) is 3.64. The van der Waals surface area contributed by atoms with Gasteiger partial charge in [-0.2, -0.15) is 14.2 Å². The zero-order valence-electron chi connectivity index (χ0n) is 17.9. The summed E-state index contributed by atoms with van der Waals surface area (Å²) in [6.07, 6.45) is 2.75. The Kier molecular flexibility index (Phi) is 6.32. The fourth-order valence-corrected chi connectivity index (χ4v) is 5.37. The maximum absolute atomic E-state index is 13.0. The highest BCUT2D eigenvalue weighted by atomic mass is 35.5. The second kappa shape index (κ2) is 9.01. The number of hydrogen-bond donors (Lipinski definition) is 1. The number of carbonyl (C=O) groups excluding carboxylic acids is 1. The van der Waals surface area contributed by atoms with E-state index in [9.17, 15) is 13.2 Å². The smallest absolute Gasteiger partial charge is 0.278 e. The molecule has 1 N–H and O–H groups in total. The number of hydrogen-bond acceptors (Lipinski definition) is 5. The van der Waals surface area contributed by atoms with Gasteiger partial charge in [-0.3, -0.25) is 4.79 Å². The molecule has 8 nitrogen and oxygen atoms in total. The molecule has 1 saturated heterocycles. The summed E-state index contributed by atoms with van der Waals surface area (Å²) < 4.78 is 27.6. The summed E-state index contributed by atoms with van der Waals surface area (Å²) in [7, 11) is -3.61. The molecule has 0 saturated carbocycles. The second-order valence-electron chi connectivity index (χ2n) is 7.80. The van der Waals surface area contributed by atoms with Gasteiger partial charge < -0.3 is 5.32 Å². The van der Waals surface area contributed by atoms with Gasteiger partial charge in [0.2, 0.25) is 10.0 Å². The van der Waals surface area contributed by atoms with Crippen LogP contribution in [0.2, 0.25) is 5.02 Å². The molecule has 32 heavy (non-hydrogen) atoms. The molecule has 0 bridgehead atoms. The van der Waals surface area contributed by atoms with Gasteiger partial charge >= 0.3 is 0 Å². The molecular formula is C22H24ClN5O3S. The van der Waals surface area contributed by atoms with Crippen LogP contribution in [-0.4, -0.2) is 46.7 Å². The molecule has 1 aliphatic rings. The van der Waals surface area contributed by atoms with Crippen LogP contribution in [0.5, 0.6) is 0 Å². The number of sulfonamides is 1. The van der Waals surface area contributed by atoms with Crippen LogP contribution in [0.1, 0.15) is 41.0 Å². The maximum Gasteiger partial charge on any atom is 0.278 e. The zero-order valence-corrected chi connectivity index (χ0v) is 19.4. The van der Waals surface area contributed by atoms with Crippen LogP contribution in [0.25, 0.3) is 5.69 Å². The van der Waals surface area contributed by atoms with E-state index >= 15 is 0 Å². The Morgan fingerprint density at radius 2 is 1.78 bits per heavy atom. The van der Waals surface area contributed by atoms with Crippen LogP contribution in [0.15, 0.2) is 47.4 Å². The Balaban J connectivity index is 1.59. The second-order valence-corrected chi connectivity index (χ2v) is 10.2. The minimum absolute atomic E-state index is 0.147. The van der Waals surface area contributed by atoms with Gasteiger partial charge in [0.15, 0.2) is 5.69 Å². The first-order chi connectivity index (χ1) is 15.3. The molecule has 10 heteroatoms. The van der Waals surface area contributed by atoms with E-state index in [1.165, 1.54) is 15.2 Å². The lowest BCUT2D eigenvalue weighted by molar-refractivity contribution is 0.102. The summed E-state index contributed by atoms with van der Waals surface area (Å²) in [5, 5.41) is 11.9. The number of carbonyl (C=O) groups is 1. The molecule has 1 aromatic heterocycles. The van der Waals surface area contributed by atoms with Gasteiger partial charge in [0, 0.05) is 23.8 Å². The highest BCUT2D eigenvalue weighted by Gasteiger charge is 2.27. The molecule has 3 aromatic rings. The Morgan fingerprint density at radius 1 is 1.03 bits per heavy atom. The number of amides is 1. The summed E-state index contributed by atoms with van der Waals surface area (Å²) >= 11 is 6.04. The van der Waals surface area contributed by atoms with Crippen molar-refractivity contribution >= 4 is 33.2 Å². The summed E-state index contributed by atoms with van der Waals surface area (Å²) in [4.78, 5) is 14.5. The molecule has 0 atom stereocenters. The van der Waals surface area contributed by atoms with Crippen LogP contribution >= 0.6 is 11.6 Å². The summed E-state index contributed by atoms with van der Waals surface area (Å²) in [6.45, 7) is 4.53. The maximum atomic E-state index is 13.0. The van der Waals surface area contributed by atoms with E-state index in [0.717, 1.165) is 24.8 Å².